The van der Waals surface area contributed by atoms with Crippen molar-refractivity contribution >= 4 is 10.1 Å². The predicted molar refractivity (Wildman–Crippen MR) is 91.6 cm³/mol. The van der Waals surface area contributed by atoms with E-state index in [1.807, 2.05) is 39.8 Å². The molecule has 1 aromatic rings. The monoisotopic (exact) mass is 340 g/mol. The van der Waals surface area contributed by atoms with Gasteiger partial charge in [-0.1, -0.05) is 53.7 Å². The molecule has 0 aromatic heterocycles. The molecule has 0 bridgehead atoms. The van der Waals surface area contributed by atoms with Crippen LogP contribution in [0.3, 0.4) is 0 Å². The van der Waals surface area contributed by atoms with Gasteiger partial charge in [-0.3, -0.25) is 4.18 Å². The van der Waals surface area contributed by atoms with Crippen LogP contribution in [0.4, 0.5) is 0 Å². The molecule has 1 aliphatic heterocycles. The Kier molecular flexibility index (Phi) is 5.54. The van der Waals surface area contributed by atoms with Crippen molar-refractivity contribution in [3.63, 3.8) is 0 Å². The van der Waals surface area contributed by atoms with E-state index < -0.39 is 10.1 Å². The Morgan fingerprint density at radius 2 is 1.52 bits per heavy atom. The molecule has 130 valence electrons. The van der Waals surface area contributed by atoms with Crippen LogP contribution in [0.25, 0.3) is 0 Å². The minimum Gasteiger partial charge on any atom is -0.371 e. The second-order valence-electron chi connectivity index (χ2n) is 7.19. The fourth-order valence-corrected chi connectivity index (χ4v) is 4.18. The van der Waals surface area contributed by atoms with Crippen molar-refractivity contribution in [2.24, 2.45) is 0 Å². The maximum absolute atomic E-state index is 12.8. The van der Waals surface area contributed by atoms with E-state index in [1.54, 1.807) is 0 Å². The average molecular weight is 340 g/mol. The number of benzene rings is 1. The van der Waals surface area contributed by atoms with Gasteiger partial charge in [-0.15, -0.1) is 0 Å². The summed E-state index contributed by atoms with van der Waals surface area (Å²) in [4.78, 5) is 0.354. The maximum Gasteiger partial charge on any atom is 0.297 e. The molecule has 1 fully saturated rings. The summed E-state index contributed by atoms with van der Waals surface area (Å²) in [6, 6.07) is 4.04. The average Bonchev–Trinajstić information content (AvgIpc) is 3.27. The molecule has 1 saturated heterocycles. The van der Waals surface area contributed by atoms with Crippen LogP contribution < -0.4 is 0 Å². The molecule has 0 N–H and O–H groups in total. The van der Waals surface area contributed by atoms with Gasteiger partial charge in [-0.2, -0.15) is 8.42 Å². The molecular formula is C18H28O4S. The van der Waals surface area contributed by atoms with Crippen molar-refractivity contribution in [2.45, 2.75) is 70.3 Å². The highest BCUT2D eigenvalue weighted by molar-refractivity contribution is 7.86. The van der Waals surface area contributed by atoms with Crippen LogP contribution in [0, 0.1) is 0 Å². The highest BCUT2D eigenvalue weighted by Gasteiger charge is 2.31. The fourth-order valence-electron chi connectivity index (χ4n) is 2.57. The first-order valence-electron chi connectivity index (χ1n) is 8.32. The molecule has 2 rings (SSSR count). The second-order valence-corrected chi connectivity index (χ2v) is 8.74. The summed E-state index contributed by atoms with van der Waals surface area (Å²) in [5, 5.41) is 0. The van der Waals surface area contributed by atoms with Crippen LogP contribution in [0.1, 0.15) is 76.0 Å². The van der Waals surface area contributed by atoms with Crippen molar-refractivity contribution in [2.75, 3.05) is 13.2 Å². The van der Waals surface area contributed by atoms with Gasteiger partial charge in [-0.25, -0.2) is 0 Å². The SMILES string of the molecule is CC(C)c1cc(C(C)C)c(S(=O)(=O)OCC2CO2)c(C(C)C)c1. The van der Waals surface area contributed by atoms with E-state index in [-0.39, 0.29) is 24.5 Å². The largest absolute Gasteiger partial charge is 0.371 e. The number of hydrogen-bond donors (Lipinski definition) is 0. The minimum absolute atomic E-state index is 0.0790. The lowest BCUT2D eigenvalue weighted by molar-refractivity contribution is 0.266. The molecule has 1 aliphatic rings. The second kappa shape index (κ2) is 6.91. The van der Waals surface area contributed by atoms with Crippen LogP contribution in [0.5, 0.6) is 0 Å². The molecule has 0 aliphatic carbocycles. The van der Waals surface area contributed by atoms with Gasteiger partial charge in [0, 0.05) is 0 Å². The van der Waals surface area contributed by atoms with Crippen molar-refractivity contribution < 1.29 is 17.3 Å². The van der Waals surface area contributed by atoms with Gasteiger partial charge in [0.15, 0.2) is 0 Å². The Morgan fingerprint density at radius 1 is 1.04 bits per heavy atom. The first-order valence-corrected chi connectivity index (χ1v) is 9.73. The van der Waals surface area contributed by atoms with Crippen LogP contribution in [0.2, 0.25) is 0 Å². The van der Waals surface area contributed by atoms with Gasteiger partial charge < -0.3 is 4.74 Å². The molecule has 1 aromatic carbocycles. The lowest BCUT2D eigenvalue weighted by Gasteiger charge is -2.22. The van der Waals surface area contributed by atoms with Gasteiger partial charge in [0.1, 0.15) is 11.0 Å². The first kappa shape index (κ1) is 18.4. The normalized spacial score (nSPS) is 18.2. The van der Waals surface area contributed by atoms with E-state index in [0.717, 1.165) is 11.1 Å². The molecule has 1 unspecified atom stereocenters. The highest BCUT2D eigenvalue weighted by Crippen LogP contribution is 2.36. The zero-order valence-corrected chi connectivity index (χ0v) is 15.7. The zero-order valence-electron chi connectivity index (χ0n) is 14.9. The van der Waals surface area contributed by atoms with E-state index in [4.69, 9.17) is 8.92 Å². The third-order valence-corrected chi connectivity index (χ3v) is 5.56. The molecule has 0 radical (unpaired) electrons. The van der Waals surface area contributed by atoms with E-state index in [2.05, 4.69) is 13.8 Å². The summed E-state index contributed by atoms with van der Waals surface area (Å²) in [7, 11) is -3.79. The van der Waals surface area contributed by atoms with Gasteiger partial charge >= 0.3 is 0 Å². The predicted octanol–water partition coefficient (Wildman–Crippen LogP) is 4.16. The standard InChI is InChI=1S/C18H28O4S/c1-11(2)14-7-16(12(3)4)18(17(8-14)13(5)6)23(19,20)22-10-15-9-21-15/h7-8,11-13,15H,9-10H2,1-6H3. The van der Waals surface area contributed by atoms with Crippen molar-refractivity contribution in [1.29, 1.82) is 0 Å². The zero-order chi connectivity index (χ0) is 17.4. The number of rotatable bonds is 7. The van der Waals surface area contributed by atoms with Crippen molar-refractivity contribution in [3.8, 4) is 0 Å². The van der Waals surface area contributed by atoms with E-state index in [1.165, 1.54) is 5.56 Å². The van der Waals surface area contributed by atoms with E-state index >= 15 is 0 Å². The number of epoxide rings is 1. The summed E-state index contributed by atoms with van der Waals surface area (Å²) in [6.07, 6.45) is -0.0790. The molecule has 23 heavy (non-hydrogen) atoms. The van der Waals surface area contributed by atoms with Crippen LogP contribution in [0.15, 0.2) is 17.0 Å². The van der Waals surface area contributed by atoms with Gasteiger partial charge in [-0.05, 0) is 34.4 Å². The van der Waals surface area contributed by atoms with Gasteiger partial charge in [0.05, 0.1) is 13.2 Å². The van der Waals surface area contributed by atoms with Gasteiger partial charge in [0.2, 0.25) is 0 Å². The molecule has 1 heterocycles. The van der Waals surface area contributed by atoms with E-state index in [9.17, 15) is 8.42 Å². The Bertz CT molecular complexity index is 627. The molecule has 0 saturated carbocycles. The quantitative estimate of drug-likeness (QED) is 0.552. The summed E-state index contributed by atoms with van der Waals surface area (Å²) in [5.74, 6) is 0.566. The number of ether oxygens (including phenoxy) is 1. The molecule has 1 atom stereocenters. The third kappa shape index (κ3) is 4.34. The Hall–Kier alpha value is -0.910. The van der Waals surface area contributed by atoms with E-state index in [0.29, 0.717) is 17.4 Å². The topological polar surface area (TPSA) is 55.9 Å². The molecule has 0 spiro atoms. The summed E-state index contributed by atoms with van der Waals surface area (Å²) >= 11 is 0. The minimum atomic E-state index is -3.79. The van der Waals surface area contributed by atoms with Crippen LogP contribution in [-0.2, 0) is 19.0 Å². The maximum atomic E-state index is 12.8. The molecular weight excluding hydrogens is 312 g/mol. The van der Waals surface area contributed by atoms with Crippen molar-refractivity contribution in [1.82, 2.24) is 0 Å². The first-order chi connectivity index (χ1) is 10.6. The lowest BCUT2D eigenvalue weighted by Crippen LogP contribution is -2.17. The smallest absolute Gasteiger partial charge is 0.297 e. The van der Waals surface area contributed by atoms with Gasteiger partial charge in [0.25, 0.3) is 10.1 Å². The lowest BCUT2D eigenvalue weighted by atomic mass is 9.89. The fraction of sp³-hybridized carbons (Fsp3) is 0.667. The molecule has 5 heteroatoms. The van der Waals surface area contributed by atoms with Crippen LogP contribution in [-0.4, -0.2) is 27.7 Å². The Balaban J connectivity index is 2.57. The Morgan fingerprint density at radius 3 is 1.87 bits per heavy atom. The highest BCUT2D eigenvalue weighted by atomic mass is 32.2. The summed E-state index contributed by atoms with van der Waals surface area (Å²) in [6.45, 7) is 13.0. The van der Waals surface area contributed by atoms with Crippen LogP contribution >= 0.6 is 0 Å². The third-order valence-electron chi connectivity index (χ3n) is 4.14. The van der Waals surface area contributed by atoms with Crippen molar-refractivity contribution in [3.05, 3.63) is 28.8 Å². The molecule has 0 amide bonds. The number of hydrogen-bond acceptors (Lipinski definition) is 4. The summed E-state index contributed by atoms with van der Waals surface area (Å²) < 4.78 is 36.0. The summed E-state index contributed by atoms with van der Waals surface area (Å²) in [5.41, 5.74) is 2.86. The Labute approximate surface area is 140 Å². The molecule has 4 nitrogen and oxygen atoms in total.